The van der Waals surface area contributed by atoms with Gasteiger partial charge in [-0.1, -0.05) is 23.2 Å². The van der Waals surface area contributed by atoms with Gasteiger partial charge in [0.2, 0.25) is 0 Å². The monoisotopic (exact) mass is 492 g/mol. The maximum absolute atomic E-state index is 11.9. The summed E-state index contributed by atoms with van der Waals surface area (Å²) in [5, 5.41) is 15.7. The maximum Gasteiger partial charge on any atom is 0.160 e. The average molecular weight is 493 g/mol. The highest BCUT2D eigenvalue weighted by Crippen LogP contribution is 2.28. The molecule has 0 amide bonds. The van der Waals surface area contributed by atoms with E-state index in [4.69, 9.17) is 28.3 Å². The Morgan fingerprint density at radius 2 is 1.42 bits per heavy atom. The van der Waals surface area contributed by atoms with Crippen LogP contribution in [0.4, 0.5) is 11.6 Å². The molecule has 0 aromatic carbocycles. The first kappa shape index (κ1) is 25.1. The number of carbonyl (C=O) groups excluding carboxylic acids is 3. The van der Waals surface area contributed by atoms with Crippen LogP contribution in [-0.4, -0.2) is 51.1 Å². The van der Waals surface area contributed by atoms with Gasteiger partial charge < -0.3 is 15.7 Å². The van der Waals surface area contributed by atoms with Gasteiger partial charge in [0.25, 0.3) is 0 Å². The van der Waals surface area contributed by atoms with Crippen molar-refractivity contribution in [2.75, 3.05) is 17.2 Å². The van der Waals surface area contributed by atoms with E-state index in [1.54, 1.807) is 12.1 Å². The molecule has 0 saturated carbocycles. The van der Waals surface area contributed by atoms with Crippen molar-refractivity contribution in [2.45, 2.75) is 58.5 Å². The molecule has 2 aliphatic rings. The molecule has 0 unspecified atom stereocenters. The molecule has 3 N–H and O–H groups in total. The first-order chi connectivity index (χ1) is 15.6. The van der Waals surface area contributed by atoms with Crippen LogP contribution in [0.5, 0.6) is 0 Å². The van der Waals surface area contributed by atoms with Crippen LogP contribution in [0.2, 0.25) is 10.3 Å². The maximum atomic E-state index is 11.9. The van der Waals surface area contributed by atoms with Crippen molar-refractivity contribution in [1.82, 2.24) is 9.97 Å². The van der Waals surface area contributed by atoms with Crippen molar-refractivity contribution < 1.29 is 19.5 Å². The number of ketones is 3. The van der Waals surface area contributed by atoms with Crippen molar-refractivity contribution in [1.29, 1.82) is 0 Å². The fourth-order valence-electron chi connectivity index (χ4n) is 3.90. The van der Waals surface area contributed by atoms with Gasteiger partial charge in [0.05, 0.1) is 12.1 Å². The molecule has 0 radical (unpaired) electrons. The number of fused-ring (bicyclic) bond motifs is 2. The van der Waals surface area contributed by atoms with E-state index in [1.807, 2.05) is 13.8 Å². The normalized spacial score (nSPS) is 18.8. The topological polar surface area (TPSA) is 121 Å². The van der Waals surface area contributed by atoms with Crippen LogP contribution < -0.4 is 10.6 Å². The number of rotatable bonds is 4. The smallest absolute Gasteiger partial charge is 0.160 e. The van der Waals surface area contributed by atoms with E-state index in [2.05, 4.69) is 20.6 Å². The van der Waals surface area contributed by atoms with Crippen LogP contribution in [0.25, 0.3) is 0 Å². The lowest BCUT2D eigenvalue weighted by atomic mass is 9.94. The first-order valence-electron chi connectivity index (χ1n) is 10.6. The number of anilines is 2. The lowest BCUT2D eigenvalue weighted by Crippen LogP contribution is -2.37. The SMILES string of the molecule is CC(=O)C[C@@H]1Nc2nc(Cl)cc(C)c2CC1=O.Cc1cc(Cl)nc2c1CC(=O)[C@H](CCO)N2. The molecule has 176 valence electrons. The predicted molar refractivity (Wildman–Crippen MR) is 127 cm³/mol. The number of pyridine rings is 2. The third-order valence-corrected chi connectivity index (χ3v) is 6.03. The van der Waals surface area contributed by atoms with E-state index < -0.39 is 6.04 Å². The van der Waals surface area contributed by atoms with Gasteiger partial charge >= 0.3 is 0 Å². The van der Waals surface area contributed by atoms with Crippen molar-refractivity contribution in [3.8, 4) is 0 Å². The predicted octanol–water partition coefficient (Wildman–Crippen LogP) is 3.26. The van der Waals surface area contributed by atoms with E-state index in [0.717, 1.165) is 22.3 Å². The van der Waals surface area contributed by atoms with E-state index in [1.165, 1.54) is 6.92 Å². The van der Waals surface area contributed by atoms with E-state index in [-0.39, 0.29) is 36.4 Å². The number of hydrogen-bond acceptors (Lipinski definition) is 8. The van der Waals surface area contributed by atoms with Crippen LogP contribution in [0, 0.1) is 13.8 Å². The molecule has 4 heterocycles. The Hall–Kier alpha value is -2.55. The highest BCUT2D eigenvalue weighted by molar-refractivity contribution is 6.30. The number of aromatic nitrogens is 2. The van der Waals surface area contributed by atoms with Gasteiger partial charge in [-0.15, -0.1) is 0 Å². The number of Topliss-reactive ketones (excluding diaryl/α,β-unsaturated/α-hetero) is 3. The number of hydrogen-bond donors (Lipinski definition) is 3. The number of halogens is 2. The lowest BCUT2D eigenvalue weighted by Gasteiger charge is -2.25. The summed E-state index contributed by atoms with van der Waals surface area (Å²) in [6.45, 7) is 5.26. The molecule has 8 nitrogen and oxygen atoms in total. The fourth-order valence-corrected chi connectivity index (χ4v) is 4.40. The number of nitrogens with zero attached hydrogens (tertiary/aromatic N) is 2. The van der Waals surface area contributed by atoms with Crippen molar-refractivity contribution in [3.05, 3.63) is 44.7 Å². The third-order valence-electron chi connectivity index (χ3n) is 5.64. The van der Waals surface area contributed by atoms with Crippen LogP contribution in [0.1, 0.15) is 42.0 Å². The molecular weight excluding hydrogens is 467 g/mol. The van der Waals surface area contributed by atoms with Crippen LogP contribution in [0.3, 0.4) is 0 Å². The molecule has 2 aromatic heterocycles. The Morgan fingerprint density at radius 3 is 1.88 bits per heavy atom. The molecule has 0 aliphatic carbocycles. The quantitative estimate of drug-likeness (QED) is 0.555. The number of aliphatic hydroxyl groups is 1. The molecule has 2 aliphatic heterocycles. The summed E-state index contributed by atoms with van der Waals surface area (Å²) < 4.78 is 0. The van der Waals surface area contributed by atoms with Gasteiger partial charge in [-0.05, 0) is 50.5 Å². The number of carbonyl (C=O) groups is 3. The summed E-state index contributed by atoms with van der Waals surface area (Å²) in [6.07, 6.45) is 1.29. The number of nitrogens with one attached hydrogen (secondary N) is 2. The summed E-state index contributed by atoms with van der Waals surface area (Å²) in [5.74, 6) is 1.40. The molecule has 33 heavy (non-hydrogen) atoms. The fraction of sp³-hybridized carbons (Fsp3) is 0.435. The molecular formula is C23H26Cl2N4O4. The van der Waals surface area contributed by atoms with Gasteiger partial charge in [-0.2, -0.15) is 0 Å². The lowest BCUT2D eigenvalue weighted by molar-refractivity contribution is -0.123. The molecule has 4 rings (SSSR count). The van der Waals surface area contributed by atoms with E-state index in [0.29, 0.717) is 41.2 Å². The Labute approximate surface area is 202 Å². The zero-order valence-electron chi connectivity index (χ0n) is 18.7. The van der Waals surface area contributed by atoms with Gasteiger partial charge in [-0.25, -0.2) is 9.97 Å². The van der Waals surface area contributed by atoms with Gasteiger partial charge in [0.15, 0.2) is 11.6 Å². The summed E-state index contributed by atoms with van der Waals surface area (Å²) in [5.41, 5.74) is 3.70. The standard InChI is InChI=1S/C12H13ClN2O2.C11H13ClN2O2/c1-6-3-11(13)15-12-8(6)5-10(17)9(14-12)4-7(2)16;1-6-4-10(12)14-11-7(6)5-9(16)8(13-11)2-3-15/h3,9H,4-5H2,1-2H3,(H,14,15);4,8,15H,2-3,5H2,1H3,(H,13,14)/t9-;8-/m00/s1. The van der Waals surface area contributed by atoms with Crippen LogP contribution in [-0.2, 0) is 27.2 Å². The molecule has 0 spiro atoms. The van der Waals surface area contributed by atoms with E-state index >= 15 is 0 Å². The second kappa shape index (κ2) is 10.6. The Balaban J connectivity index is 0.000000186. The first-order valence-corrected chi connectivity index (χ1v) is 11.4. The summed E-state index contributed by atoms with van der Waals surface area (Å²) >= 11 is 11.7. The highest BCUT2D eigenvalue weighted by Gasteiger charge is 2.29. The molecule has 0 saturated heterocycles. The summed E-state index contributed by atoms with van der Waals surface area (Å²) in [7, 11) is 0. The van der Waals surface area contributed by atoms with Crippen molar-refractivity contribution in [2.24, 2.45) is 0 Å². The van der Waals surface area contributed by atoms with Crippen LogP contribution in [0.15, 0.2) is 12.1 Å². The average Bonchev–Trinajstić information content (AvgIpc) is 2.71. The largest absolute Gasteiger partial charge is 0.396 e. The van der Waals surface area contributed by atoms with E-state index in [9.17, 15) is 14.4 Å². The van der Waals surface area contributed by atoms with Crippen molar-refractivity contribution >= 4 is 52.2 Å². The summed E-state index contributed by atoms with van der Waals surface area (Å²) in [4.78, 5) is 43.0. The number of aliphatic hydroxyl groups excluding tert-OH is 1. The molecule has 10 heteroatoms. The Morgan fingerprint density at radius 1 is 0.970 bits per heavy atom. The Bertz CT molecular complexity index is 1110. The Kier molecular flexibility index (Phi) is 8.05. The third kappa shape index (κ3) is 6.07. The minimum Gasteiger partial charge on any atom is -0.396 e. The molecule has 0 fully saturated rings. The minimum atomic E-state index is -0.467. The molecule has 2 atom stereocenters. The van der Waals surface area contributed by atoms with Crippen molar-refractivity contribution in [3.63, 3.8) is 0 Å². The number of aryl methyl sites for hydroxylation is 2. The molecule has 0 bridgehead atoms. The summed E-state index contributed by atoms with van der Waals surface area (Å²) in [6, 6.07) is 2.68. The minimum absolute atomic E-state index is 0.0156. The second-order valence-corrected chi connectivity index (χ2v) is 9.05. The zero-order chi connectivity index (χ0) is 24.3. The highest BCUT2D eigenvalue weighted by atomic mass is 35.5. The molecule has 2 aromatic rings. The van der Waals surface area contributed by atoms with Crippen LogP contribution >= 0.6 is 23.2 Å². The van der Waals surface area contributed by atoms with Gasteiger partial charge in [-0.3, -0.25) is 14.4 Å². The zero-order valence-corrected chi connectivity index (χ0v) is 20.2. The second-order valence-electron chi connectivity index (χ2n) is 8.28. The van der Waals surface area contributed by atoms with Gasteiger partial charge in [0, 0.05) is 37.0 Å². The van der Waals surface area contributed by atoms with Gasteiger partial charge in [0.1, 0.15) is 27.7 Å².